The van der Waals surface area contributed by atoms with Gasteiger partial charge in [0.2, 0.25) is 0 Å². The van der Waals surface area contributed by atoms with Crippen molar-refractivity contribution in [2.45, 2.75) is 18.9 Å². The summed E-state index contributed by atoms with van der Waals surface area (Å²) < 4.78 is 11.5. The number of nitrogens with zero attached hydrogens (tertiary/aromatic N) is 3. The van der Waals surface area contributed by atoms with Crippen molar-refractivity contribution in [3.05, 3.63) is 53.9 Å². The van der Waals surface area contributed by atoms with Gasteiger partial charge >= 0.3 is 0 Å². The maximum absolute atomic E-state index is 9.70. The smallest absolute Gasteiger partial charge is 0.137 e. The van der Waals surface area contributed by atoms with Gasteiger partial charge in [-0.05, 0) is 36.4 Å². The van der Waals surface area contributed by atoms with E-state index in [1.807, 2.05) is 48.6 Å². The first-order valence-corrected chi connectivity index (χ1v) is 10.9. The van der Waals surface area contributed by atoms with E-state index in [9.17, 15) is 5.26 Å². The molecule has 7 nitrogen and oxygen atoms in total. The number of aromatic nitrogens is 2. The summed E-state index contributed by atoms with van der Waals surface area (Å²) in [5, 5.41) is 19.7. The minimum absolute atomic E-state index is 0.0877. The van der Waals surface area contributed by atoms with Gasteiger partial charge in [0.05, 0.1) is 25.4 Å². The Labute approximate surface area is 187 Å². The molecule has 166 valence electrons. The third-order valence-electron chi connectivity index (χ3n) is 5.63. The number of likely N-dealkylation sites (N-methyl/N-ethyl adjacent to an activating group) is 1. The zero-order chi connectivity index (χ0) is 22.3. The molecule has 2 N–H and O–H groups in total. The summed E-state index contributed by atoms with van der Waals surface area (Å²) in [4.78, 5) is 9.80. The van der Waals surface area contributed by atoms with E-state index < -0.39 is 0 Å². The Hall–Kier alpha value is -3.18. The molecule has 1 aliphatic rings. The largest absolute Gasteiger partial charge is 0.489 e. The molecule has 1 aliphatic heterocycles. The number of H-pyrrole nitrogens is 1. The van der Waals surface area contributed by atoms with Gasteiger partial charge in [0.1, 0.15) is 23.6 Å². The molecule has 0 amide bonds. The van der Waals surface area contributed by atoms with E-state index in [-0.39, 0.29) is 12.7 Å². The molecule has 4 rings (SSSR count). The lowest BCUT2D eigenvalue weighted by Crippen LogP contribution is -2.26. The molecule has 1 fully saturated rings. The summed E-state index contributed by atoms with van der Waals surface area (Å²) in [5.74, 6) is 0.622. The van der Waals surface area contributed by atoms with E-state index in [2.05, 4.69) is 28.2 Å². The lowest BCUT2D eigenvalue weighted by molar-refractivity contribution is 0.0254. The van der Waals surface area contributed by atoms with Gasteiger partial charge in [0.25, 0.3) is 0 Å². The highest BCUT2D eigenvalue weighted by molar-refractivity contribution is 5.95. The summed E-state index contributed by atoms with van der Waals surface area (Å²) in [6.45, 7) is 2.93. The number of hydrogen-bond donors (Lipinski definition) is 2. The maximum atomic E-state index is 9.70. The Bertz CT molecular complexity index is 1130. The van der Waals surface area contributed by atoms with Crippen molar-refractivity contribution in [3.8, 4) is 22.9 Å². The molecule has 1 saturated heterocycles. The van der Waals surface area contributed by atoms with Crippen molar-refractivity contribution in [1.82, 2.24) is 14.9 Å². The SMILES string of the molecule is CN(CC=Cc1cnc2[nH]cc(-c3ccc(OC4CCOCC4)c(C#N)c3)c2c1)CCO. The number of aliphatic hydroxyl groups is 1. The van der Waals surface area contributed by atoms with Crippen LogP contribution in [0.3, 0.4) is 0 Å². The van der Waals surface area contributed by atoms with Gasteiger partial charge in [-0.1, -0.05) is 18.2 Å². The second-order valence-corrected chi connectivity index (χ2v) is 8.01. The van der Waals surface area contributed by atoms with E-state index in [0.29, 0.717) is 31.1 Å². The minimum Gasteiger partial charge on any atom is -0.489 e. The van der Waals surface area contributed by atoms with Crippen LogP contribution in [0.4, 0.5) is 0 Å². The molecule has 0 radical (unpaired) electrons. The highest BCUT2D eigenvalue weighted by Gasteiger charge is 2.18. The first-order chi connectivity index (χ1) is 15.7. The van der Waals surface area contributed by atoms with Gasteiger partial charge in [-0.25, -0.2) is 4.98 Å². The number of nitrogens with one attached hydrogen (secondary N) is 1. The minimum atomic E-state index is 0.0877. The van der Waals surface area contributed by atoms with Gasteiger partial charge in [0, 0.05) is 49.3 Å². The third-order valence-corrected chi connectivity index (χ3v) is 5.63. The Kier molecular flexibility index (Phi) is 7.17. The quantitative estimate of drug-likeness (QED) is 0.565. The summed E-state index contributed by atoms with van der Waals surface area (Å²) >= 11 is 0. The van der Waals surface area contributed by atoms with Gasteiger partial charge in [0.15, 0.2) is 0 Å². The monoisotopic (exact) mass is 432 g/mol. The Morgan fingerprint density at radius 3 is 2.97 bits per heavy atom. The van der Waals surface area contributed by atoms with Crippen LogP contribution in [0.25, 0.3) is 28.2 Å². The van der Waals surface area contributed by atoms with E-state index in [1.165, 1.54) is 0 Å². The van der Waals surface area contributed by atoms with Gasteiger partial charge in [-0.2, -0.15) is 5.26 Å². The zero-order valence-electron chi connectivity index (χ0n) is 18.3. The van der Waals surface area contributed by atoms with Crippen molar-refractivity contribution in [1.29, 1.82) is 5.26 Å². The van der Waals surface area contributed by atoms with Gasteiger partial charge in [-0.3, -0.25) is 0 Å². The molecule has 0 unspecified atom stereocenters. The number of ether oxygens (including phenoxy) is 2. The van der Waals surface area contributed by atoms with Crippen molar-refractivity contribution in [2.75, 3.05) is 40.0 Å². The topological polar surface area (TPSA) is 94.4 Å². The molecule has 0 aliphatic carbocycles. The number of pyridine rings is 1. The summed E-state index contributed by atoms with van der Waals surface area (Å²) in [5.41, 5.74) is 4.26. The second-order valence-electron chi connectivity index (χ2n) is 8.01. The standard InChI is InChI=1S/C25H28N4O3/c1-29(9-10-30)8-2-3-18-13-22-23(17-28-25(22)27-16-18)19-4-5-24(20(14-19)15-26)32-21-6-11-31-12-7-21/h2-5,13-14,16-17,21,30H,6-12H2,1H3,(H,27,28). The molecule has 0 saturated carbocycles. The fourth-order valence-electron chi connectivity index (χ4n) is 3.84. The van der Waals surface area contributed by atoms with E-state index >= 15 is 0 Å². The van der Waals surface area contributed by atoms with Crippen LogP contribution < -0.4 is 4.74 Å². The number of aromatic amines is 1. The molecular weight excluding hydrogens is 404 g/mol. The molecule has 1 aromatic carbocycles. The summed E-state index contributed by atoms with van der Waals surface area (Å²) in [6.07, 6.45) is 9.61. The van der Waals surface area contributed by atoms with E-state index in [1.54, 1.807) is 0 Å². The van der Waals surface area contributed by atoms with Crippen molar-refractivity contribution < 1.29 is 14.6 Å². The van der Waals surface area contributed by atoms with Crippen molar-refractivity contribution in [2.24, 2.45) is 0 Å². The Morgan fingerprint density at radius 2 is 2.19 bits per heavy atom. The van der Waals surface area contributed by atoms with Crippen LogP contribution in [0.1, 0.15) is 24.0 Å². The number of rotatable bonds is 8. The van der Waals surface area contributed by atoms with E-state index in [0.717, 1.165) is 47.1 Å². The van der Waals surface area contributed by atoms with Crippen LogP contribution in [0, 0.1) is 11.3 Å². The van der Waals surface area contributed by atoms with Crippen LogP contribution in [-0.2, 0) is 4.74 Å². The van der Waals surface area contributed by atoms with Gasteiger partial charge < -0.3 is 24.5 Å². The number of nitriles is 1. The molecule has 0 spiro atoms. The third kappa shape index (κ3) is 5.17. The zero-order valence-corrected chi connectivity index (χ0v) is 18.3. The van der Waals surface area contributed by atoms with Crippen molar-refractivity contribution >= 4 is 17.1 Å². The first-order valence-electron chi connectivity index (χ1n) is 10.9. The maximum Gasteiger partial charge on any atom is 0.137 e. The molecular formula is C25H28N4O3. The molecule has 2 aromatic heterocycles. The van der Waals surface area contributed by atoms with Crippen molar-refractivity contribution in [3.63, 3.8) is 0 Å². The number of aliphatic hydroxyl groups excluding tert-OH is 1. The highest BCUT2D eigenvalue weighted by Crippen LogP contribution is 2.32. The lowest BCUT2D eigenvalue weighted by Gasteiger charge is -2.23. The Balaban J connectivity index is 1.57. The van der Waals surface area contributed by atoms with Crippen LogP contribution in [-0.4, -0.2) is 66.0 Å². The van der Waals surface area contributed by atoms with Gasteiger partial charge in [-0.15, -0.1) is 0 Å². The molecule has 0 bridgehead atoms. The predicted molar refractivity (Wildman–Crippen MR) is 124 cm³/mol. The van der Waals surface area contributed by atoms with Crippen LogP contribution in [0.15, 0.2) is 42.7 Å². The van der Waals surface area contributed by atoms with Crippen LogP contribution in [0.5, 0.6) is 5.75 Å². The normalized spacial score (nSPS) is 14.9. The average Bonchev–Trinajstić information content (AvgIpc) is 3.23. The first kappa shape index (κ1) is 22.0. The summed E-state index contributed by atoms with van der Waals surface area (Å²) in [6, 6.07) is 10.1. The van der Waals surface area contributed by atoms with E-state index in [4.69, 9.17) is 14.6 Å². The highest BCUT2D eigenvalue weighted by atomic mass is 16.5. The second kappa shape index (κ2) is 10.4. The fraction of sp³-hybridized carbons (Fsp3) is 0.360. The molecule has 3 heterocycles. The molecule has 7 heteroatoms. The molecule has 0 atom stereocenters. The lowest BCUT2D eigenvalue weighted by atomic mass is 10.0. The fourth-order valence-corrected chi connectivity index (χ4v) is 3.84. The molecule has 3 aromatic rings. The number of benzene rings is 1. The summed E-state index contributed by atoms with van der Waals surface area (Å²) in [7, 11) is 1.97. The number of hydrogen-bond acceptors (Lipinski definition) is 6. The average molecular weight is 433 g/mol. The predicted octanol–water partition coefficient (Wildman–Crippen LogP) is 3.60. The van der Waals surface area contributed by atoms with Crippen LogP contribution in [0.2, 0.25) is 0 Å². The molecule has 32 heavy (non-hydrogen) atoms. The Morgan fingerprint density at radius 1 is 1.34 bits per heavy atom. The van der Waals surface area contributed by atoms with Crippen LogP contribution >= 0.6 is 0 Å². The number of fused-ring (bicyclic) bond motifs is 1.